The number of esters is 1. The van der Waals surface area contributed by atoms with E-state index in [-0.39, 0.29) is 18.5 Å². The number of ether oxygens (including phenoxy) is 2. The minimum Gasteiger partial charge on any atom is -0.453 e. The predicted octanol–water partition coefficient (Wildman–Crippen LogP) is 4.73. The first-order chi connectivity index (χ1) is 12.1. The fraction of sp³-hybridized carbons (Fsp3) is 0.368. The lowest BCUT2D eigenvalue weighted by molar-refractivity contribution is 0.0408. The molecule has 0 unspecified atom stereocenters. The maximum atomic E-state index is 12.5. The first kappa shape index (κ1) is 17.6. The average molecular weight is 359 g/mol. The third-order valence-electron chi connectivity index (χ3n) is 3.70. The van der Waals surface area contributed by atoms with Crippen molar-refractivity contribution in [3.63, 3.8) is 0 Å². The standard InChI is InChI=1S/C19H21NO4S/c1-4-17-20-13(11-25-17)9-23-19(21)18-15(10-22-12(2)3)14-7-5-6-8-16(14)24-18/h5-8,11-12H,4,9-10H2,1-3H3. The lowest BCUT2D eigenvalue weighted by atomic mass is 10.1. The second-order valence-electron chi connectivity index (χ2n) is 5.93. The fourth-order valence-electron chi connectivity index (χ4n) is 2.44. The monoisotopic (exact) mass is 359 g/mol. The van der Waals surface area contributed by atoms with Crippen LogP contribution in [0.4, 0.5) is 0 Å². The van der Waals surface area contributed by atoms with Crippen molar-refractivity contribution in [1.82, 2.24) is 4.98 Å². The Balaban J connectivity index is 1.80. The molecule has 0 aliphatic rings. The van der Waals surface area contributed by atoms with Crippen molar-refractivity contribution in [1.29, 1.82) is 0 Å². The molecule has 132 valence electrons. The summed E-state index contributed by atoms with van der Waals surface area (Å²) in [6.07, 6.45) is 0.929. The van der Waals surface area contributed by atoms with Gasteiger partial charge in [0.05, 0.1) is 23.4 Å². The Bertz CT molecular complexity index is 865. The zero-order valence-electron chi connectivity index (χ0n) is 14.6. The summed E-state index contributed by atoms with van der Waals surface area (Å²) in [5.74, 6) is -0.294. The zero-order valence-corrected chi connectivity index (χ0v) is 15.4. The van der Waals surface area contributed by atoms with Gasteiger partial charge in [-0.05, 0) is 26.3 Å². The summed E-state index contributed by atoms with van der Waals surface area (Å²) in [7, 11) is 0. The van der Waals surface area contributed by atoms with Crippen LogP contribution in [0.3, 0.4) is 0 Å². The van der Waals surface area contributed by atoms with Crippen LogP contribution in [0, 0.1) is 0 Å². The highest BCUT2D eigenvalue weighted by molar-refractivity contribution is 7.09. The number of rotatable bonds is 7. The van der Waals surface area contributed by atoms with Crippen LogP contribution >= 0.6 is 11.3 Å². The van der Waals surface area contributed by atoms with Crippen LogP contribution in [0.5, 0.6) is 0 Å². The normalized spacial score (nSPS) is 11.4. The molecule has 0 saturated carbocycles. The van der Waals surface area contributed by atoms with E-state index in [0.717, 1.165) is 28.1 Å². The van der Waals surface area contributed by atoms with E-state index < -0.39 is 5.97 Å². The van der Waals surface area contributed by atoms with Gasteiger partial charge in [0, 0.05) is 16.3 Å². The number of aromatic nitrogens is 1. The minimum absolute atomic E-state index is 0.0556. The third-order valence-corrected chi connectivity index (χ3v) is 4.74. The smallest absolute Gasteiger partial charge is 0.375 e. The van der Waals surface area contributed by atoms with E-state index in [2.05, 4.69) is 4.98 Å². The van der Waals surface area contributed by atoms with Gasteiger partial charge >= 0.3 is 5.97 Å². The molecule has 0 radical (unpaired) electrons. The van der Waals surface area contributed by atoms with Crippen molar-refractivity contribution < 1.29 is 18.7 Å². The van der Waals surface area contributed by atoms with E-state index >= 15 is 0 Å². The van der Waals surface area contributed by atoms with Crippen molar-refractivity contribution in [3.8, 4) is 0 Å². The molecule has 0 spiro atoms. The number of furan rings is 1. The van der Waals surface area contributed by atoms with E-state index in [0.29, 0.717) is 12.2 Å². The van der Waals surface area contributed by atoms with Gasteiger partial charge in [0.25, 0.3) is 0 Å². The van der Waals surface area contributed by atoms with Gasteiger partial charge in [-0.1, -0.05) is 25.1 Å². The summed E-state index contributed by atoms with van der Waals surface area (Å²) >= 11 is 1.57. The van der Waals surface area contributed by atoms with Gasteiger partial charge in [-0.3, -0.25) is 0 Å². The first-order valence-corrected chi connectivity index (χ1v) is 9.18. The summed E-state index contributed by atoms with van der Waals surface area (Å²) in [5.41, 5.74) is 2.13. The van der Waals surface area contributed by atoms with Gasteiger partial charge in [0.1, 0.15) is 12.2 Å². The minimum atomic E-state index is -0.496. The van der Waals surface area contributed by atoms with Crippen molar-refractivity contribution >= 4 is 28.3 Å². The Morgan fingerprint density at radius 3 is 2.80 bits per heavy atom. The van der Waals surface area contributed by atoms with Crippen LogP contribution in [-0.4, -0.2) is 17.1 Å². The number of fused-ring (bicyclic) bond motifs is 1. The number of benzene rings is 1. The predicted molar refractivity (Wildman–Crippen MR) is 96.8 cm³/mol. The molecule has 1 aromatic carbocycles. The van der Waals surface area contributed by atoms with Gasteiger partial charge in [-0.15, -0.1) is 11.3 Å². The highest BCUT2D eigenvalue weighted by atomic mass is 32.1. The maximum Gasteiger partial charge on any atom is 0.375 e. The molecule has 3 rings (SSSR count). The van der Waals surface area contributed by atoms with Gasteiger partial charge in [0.2, 0.25) is 5.76 Å². The van der Waals surface area contributed by atoms with Crippen molar-refractivity contribution in [2.45, 2.75) is 46.5 Å². The number of hydrogen-bond donors (Lipinski definition) is 0. The lowest BCUT2D eigenvalue weighted by Crippen LogP contribution is -2.09. The number of carbonyl (C=O) groups excluding carboxylic acids is 1. The molecule has 25 heavy (non-hydrogen) atoms. The van der Waals surface area contributed by atoms with Gasteiger partial charge in [-0.2, -0.15) is 0 Å². The highest BCUT2D eigenvalue weighted by Crippen LogP contribution is 2.28. The number of nitrogens with zero attached hydrogens (tertiary/aromatic N) is 1. The molecule has 2 aromatic heterocycles. The Labute approximate surface area is 150 Å². The molecule has 0 fully saturated rings. The van der Waals surface area contributed by atoms with E-state index in [1.165, 1.54) is 0 Å². The molecule has 3 aromatic rings. The van der Waals surface area contributed by atoms with E-state index in [1.807, 2.05) is 50.4 Å². The molecule has 0 atom stereocenters. The molecule has 2 heterocycles. The second-order valence-corrected chi connectivity index (χ2v) is 6.87. The molecule has 0 N–H and O–H groups in total. The molecule has 0 aliphatic heterocycles. The molecule has 5 nitrogen and oxygen atoms in total. The molecular weight excluding hydrogens is 338 g/mol. The van der Waals surface area contributed by atoms with Crippen LogP contribution < -0.4 is 0 Å². The molecule has 0 bridgehead atoms. The van der Waals surface area contributed by atoms with E-state index in [9.17, 15) is 4.79 Å². The fourth-order valence-corrected chi connectivity index (χ4v) is 3.17. The lowest BCUT2D eigenvalue weighted by Gasteiger charge is -2.08. The van der Waals surface area contributed by atoms with Crippen molar-refractivity contribution in [2.75, 3.05) is 0 Å². The van der Waals surface area contributed by atoms with E-state index in [4.69, 9.17) is 13.9 Å². The number of hydrogen-bond acceptors (Lipinski definition) is 6. The summed E-state index contributed by atoms with van der Waals surface area (Å²) in [4.78, 5) is 16.9. The maximum absolute atomic E-state index is 12.5. The Kier molecular flexibility index (Phi) is 5.50. The summed E-state index contributed by atoms with van der Waals surface area (Å²) in [6.45, 7) is 6.39. The van der Waals surface area contributed by atoms with Gasteiger partial charge in [-0.25, -0.2) is 9.78 Å². The largest absolute Gasteiger partial charge is 0.453 e. The second kappa shape index (κ2) is 7.80. The number of para-hydroxylation sites is 1. The van der Waals surface area contributed by atoms with Crippen LogP contribution in [0.15, 0.2) is 34.1 Å². The summed E-state index contributed by atoms with van der Waals surface area (Å²) < 4.78 is 16.8. The first-order valence-electron chi connectivity index (χ1n) is 8.31. The Morgan fingerprint density at radius 1 is 1.28 bits per heavy atom. The van der Waals surface area contributed by atoms with Crippen LogP contribution in [0.1, 0.15) is 47.6 Å². The van der Waals surface area contributed by atoms with E-state index in [1.54, 1.807) is 11.3 Å². The molecule has 6 heteroatoms. The quantitative estimate of drug-likeness (QED) is 0.571. The SMILES string of the molecule is CCc1nc(COC(=O)c2oc3ccccc3c2COC(C)C)cs1. The van der Waals surface area contributed by atoms with Gasteiger partial charge < -0.3 is 13.9 Å². The Morgan fingerprint density at radius 2 is 2.08 bits per heavy atom. The topological polar surface area (TPSA) is 61.6 Å². The molecular formula is C19H21NO4S. The number of carbonyl (C=O) groups is 1. The van der Waals surface area contributed by atoms with Crippen molar-refractivity contribution in [3.05, 3.63) is 51.7 Å². The van der Waals surface area contributed by atoms with Crippen LogP contribution in [-0.2, 0) is 29.1 Å². The molecule has 0 aliphatic carbocycles. The van der Waals surface area contributed by atoms with Gasteiger partial charge in [0.15, 0.2) is 0 Å². The molecule has 0 saturated heterocycles. The highest BCUT2D eigenvalue weighted by Gasteiger charge is 2.22. The summed E-state index contributed by atoms with van der Waals surface area (Å²) in [5, 5.41) is 3.81. The number of thiazole rings is 1. The zero-order chi connectivity index (χ0) is 17.8. The molecule has 0 amide bonds. The van der Waals surface area contributed by atoms with Crippen molar-refractivity contribution in [2.24, 2.45) is 0 Å². The summed E-state index contributed by atoms with van der Waals surface area (Å²) in [6, 6.07) is 7.53. The van der Waals surface area contributed by atoms with Crippen LogP contribution in [0.2, 0.25) is 0 Å². The van der Waals surface area contributed by atoms with Crippen LogP contribution in [0.25, 0.3) is 11.0 Å². The average Bonchev–Trinajstić information content (AvgIpc) is 3.22. The Hall–Kier alpha value is -2.18. The number of aryl methyl sites for hydroxylation is 1. The third kappa shape index (κ3) is 4.08.